The Morgan fingerprint density at radius 2 is 1.90 bits per heavy atom. The highest BCUT2D eigenvalue weighted by molar-refractivity contribution is 7.92. The molecule has 1 fully saturated rings. The summed E-state index contributed by atoms with van der Waals surface area (Å²) in [7, 11) is -0.755. The van der Waals surface area contributed by atoms with E-state index < -0.39 is 21.0 Å². The summed E-state index contributed by atoms with van der Waals surface area (Å²) in [6, 6.07) is 8.58. The number of anilines is 2. The summed E-state index contributed by atoms with van der Waals surface area (Å²) in [6.07, 6.45) is 1.30. The maximum Gasteiger partial charge on any atom is 0.293 e. The number of likely N-dealkylation sites (N-methyl/N-ethyl adjacent to an activating group) is 1. The predicted octanol–water partition coefficient (Wildman–Crippen LogP) is 3.07. The second-order valence-electron chi connectivity index (χ2n) is 7.92. The van der Waals surface area contributed by atoms with Gasteiger partial charge < -0.3 is 9.80 Å². The first-order chi connectivity index (χ1) is 14.5. The van der Waals surface area contributed by atoms with E-state index in [2.05, 4.69) is 4.72 Å². The summed E-state index contributed by atoms with van der Waals surface area (Å²) in [5.74, 6) is -0.139. The van der Waals surface area contributed by atoms with E-state index in [0.717, 1.165) is 23.6 Å². The van der Waals surface area contributed by atoms with Crippen LogP contribution in [0.15, 0.2) is 41.3 Å². The third-order valence-electron chi connectivity index (χ3n) is 5.37. The van der Waals surface area contributed by atoms with Crippen molar-refractivity contribution in [2.75, 3.05) is 30.3 Å². The Morgan fingerprint density at radius 3 is 2.52 bits per heavy atom. The molecule has 9 nitrogen and oxygen atoms in total. The molecular formula is C21H26N4O5S. The van der Waals surface area contributed by atoms with Gasteiger partial charge in [-0.15, -0.1) is 0 Å². The Hall–Kier alpha value is -3.14. The van der Waals surface area contributed by atoms with Crippen molar-refractivity contribution in [2.45, 2.75) is 37.6 Å². The number of sulfonamides is 1. The Balaban J connectivity index is 1.98. The van der Waals surface area contributed by atoms with Crippen molar-refractivity contribution in [3.8, 4) is 0 Å². The number of hydrogen-bond acceptors (Lipinski definition) is 6. The molecule has 1 amide bonds. The van der Waals surface area contributed by atoms with Crippen LogP contribution < -0.4 is 9.62 Å². The zero-order valence-corrected chi connectivity index (χ0v) is 18.8. The summed E-state index contributed by atoms with van der Waals surface area (Å²) < 4.78 is 28.3. The summed E-state index contributed by atoms with van der Waals surface area (Å²) >= 11 is 0. The number of nitrogens with one attached hydrogen (secondary N) is 1. The lowest BCUT2D eigenvalue weighted by molar-refractivity contribution is -0.384. The van der Waals surface area contributed by atoms with E-state index in [4.69, 9.17) is 0 Å². The van der Waals surface area contributed by atoms with Crippen LogP contribution in [0.25, 0.3) is 0 Å². The molecule has 0 bridgehead atoms. The fourth-order valence-electron chi connectivity index (χ4n) is 3.80. The molecule has 166 valence electrons. The highest BCUT2D eigenvalue weighted by atomic mass is 32.2. The van der Waals surface area contributed by atoms with Gasteiger partial charge in [0.25, 0.3) is 15.7 Å². The number of carbonyl (C=O) groups excluding carboxylic acids is 1. The number of rotatable bonds is 6. The smallest absolute Gasteiger partial charge is 0.293 e. The van der Waals surface area contributed by atoms with Crippen LogP contribution in [-0.4, -0.2) is 50.8 Å². The lowest BCUT2D eigenvalue weighted by atomic mass is 10.1. The highest BCUT2D eigenvalue weighted by Gasteiger charge is 2.36. The molecule has 31 heavy (non-hydrogen) atoms. The van der Waals surface area contributed by atoms with Crippen LogP contribution in [0.2, 0.25) is 0 Å². The van der Waals surface area contributed by atoms with Gasteiger partial charge in [-0.3, -0.25) is 19.6 Å². The van der Waals surface area contributed by atoms with Crippen LogP contribution in [0.3, 0.4) is 0 Å². The molecule has 0 aliphatic carbocycles. The van der Waals surface area contributed by atoms with Gasteiger partial charge in [-0.1, -0.05) is 17.7 Å². The largest absolute Gasteiger partial charge is 0.354 e. The molecule has 0 radical (unpaired) electrons. The molecule has 0 saturated carbocycles. The minimum absolute atomic E-state index is 0.139. The van der Waals surface area contributed by atoms with Gasteiger partial charge in [0.2, 0.25) is 5.91 Å². The highest BCUT2D eigenvalue weighted by Crippen LogP contribution is 2.36. The fourth-order valence-corrected chi connectivity index (χ4v) is 4.95. The van der Waals surface area contributed by atoms with E-state index in [1.165, 1.54) is 17.0 Å². The van der Waals surface area contributed by atoms with Crippen LogP contribution in [0.1, 0.15) is 24.0 Å². The topological polar surface area (TPSA) is 113 Å². The molecule has 1 heterocycles. The Kier molecular flexibility index (Phi) is 6.21. The summed E-state index contributed by atoms with van der Waals surface area (Å²) in [6.45, 7) is 4.17. The number of hydrogen-bond donors (Lipinski definition) is 1. The summed E-state index contributed by atoms with van der Waals surface area (Å²) in [5, 5.41) is 11.8. The van der Waals surface area contributed by atoms with E-state index in [1.54, 1.807) is 38.1 Å². The third kappa shape index (κ3) is 4.63. The lowest BCUT2D eigenvalue weighted by Gasteiger charge is -2.27. The minimum Gasteiger partial charge on any atom is -0.354 e. The van der Waals surface area contributed by atoms with E-state index in [1.807, 2.05) is 13.0 Å². The van der Waals surface area contributed by atoms with Crippen molar-refractivity contribution >= 4 is 33.0 Å². The number of carbonyl (C=O) groups is 1. The second kappa shape index (κ2) is 8.54. The van der Waals surface area contributed by atoms with Crippen molar-refractivity contribution in [2.24, 2.45) is 0 Å². The second-order valence-corrected chi connectivity index (χ2v) is 9.60. The Morgan fingerprint density at radius 1 is 1.19 bits per heavy atom. The van der Waals surface area contributed by atoms with Gasteiger partial charge in [-0.2, -0.15) is 0 Å². The predicted molar refractivity (Wildman–Crippen MR) is 119 cm³/mol. The molecule has 0 aromatic heterocycles. The number of benzene rings is 2. The maximum absolute atomic E-state index is 12.9. The minimum atomic E-state index is -4.04. The molecule has 2 aromatic carbocycles. The maximum atomic E-state index is 12.9. The van der Waals surface area contributed by atoms with Gasteiger partial charge in [-0.05, 0) is 50.5 Å². The molecule has 0 spiro atoms. The van der Waals surface area contributed by atoms with E-state index >= 15 is 0 Å². The molecular weight excluding hydrogens is 420 g/mol. The molecule has 2 aromatic rings. The standard InChI is InChI=1S/C21H26N4O5S/c1-14-7-9-17(15(2)12-14)22-31(29,30)16-8-10-18(20(13-16)25(27)28)24-11-5-6-19(24)21(26)23(3)4/h7-10,12-13,19,22H,5-6,11H2,1-4H3. The Bertz CT molecular complexity index is 1130. The van der Waals surface area contributed by atoms with Crippen LogP contribution in [0, 0.1) is 24.0 Å². The zero-order chi connectivity index (χ0) is 22.9. The number of nitro benzene ring substituents is 1. The molecule has 1 saturated heterocycles. The first-order valence-corrected chi connectivity index (χ1v) is 11.4. The normalized spacial score (nSPS) is 16.3. The van der Waals surface area contributed by atoms with Crippen molar-refractivity contribution in [1.29, 1.82) is 0 Å². The molecule has 1 aliphatic rings. The average Bonchev–Trinajstić information content (AvgIpc) is 3.18. The quantitative estimate of drug-likeness (QED) is 0.539. The van der Waals surface area contributed by atoms with Crippen molar-refractivity contribution in [3.05, 3.63) is 57.6 Å². The van der Waals surface area contributed by atoms with Gasteiger partial charge in [0.05, 0.1) is 15.5 Å². The van der Waals surface area contributed by atoms with Crippen LogP contribution in [-0.2, 0) is 14.8 Å². The Labute approximate surface area is 181 Å². The number of nitrogens with zero attached hydrogens (tertiary/aromatic N) is 3. The van der Waals surface area contributed by atoms with Gasteiger partial charge in [0.15, 0.2) is 0 Å². The first-order valence-electron chi connectivity index (χ1n) is 9.87. The average molecular weight is 447 g/mol. The molecule has 10 heteroatoms. The van der Waals surface area contributed by atoms with Crippen molar-refractivity contribution in [3.63, 3.8) is 0 Å². The SMILES string of the molecule is Cc1ccc(NS(=O)(=O)c2ccc(N3CCCC3C(=O)N(C)C)c([N+](=O)[O-])c2)c(C)c1. The van der Waals surface area contributed by atoms with E-state index in [9.17, 15) is 23.3 Å². The number of aryl methyl sites for hydroxylation is 2. The van der Waals surface area contributed by atoms with E-state index in [-0.39, 0.29) is 22.2 Å². The molecule has 1 N–H and O–H groups in total. The molecule has 1 unspecified atom stereocenters. The molecule has 1 atom stereocenters. The van der Waals surface area contributed by atoms with Gasteiger partial charge in [-0.25, -0.2) is 8.42 Å². The van der Waals surface area contributed by atoms with Gasteiger partial charge >= 0.3 is 0 Å². The summed E-state index contributed by atoms with van der Waals surface area (Å²) in [5.41, 5.74) is 2.05. The third-order valence-corrected chi connectivity index (χ3v) is 6.73. The van der Waals surface area contributed by atoms with Gasteiger partial charge in [0, 0.05) is 26.7 Å². The fraction of sp³-hybridized carbons (Fsp3) is 0.381. The molecule has 3 rings (SSSR count). The van der Waals surface area contributed by atoms with Crippen molar-refractivity contribution < 1.29 is 18.1 Å². The monoisotopic (exact) mass is 446 g/mol. The van der Waals surface area contributed by atoms with Crippen LogP contribution in [0.5, 0.6) is 0 Å². The van der Waals surface area contributed by atoms with Crippen molar-refractivity contribution in [1.82, 2.24) is 4.90 Å². The lowest BCUT2D eigenvalue weighted by Crippen LogP contribution is -2.43. The zero-order valence-electron chi connectivity index (χ0n) is 18.0. The van der Waals surface area contributed by atoms with Crippen LogP contribution >= 0.6 is 0 Å². The number of amides is 1. The van der Waals surface area contributed by atoms with Crippen LogP contribution in [0.4, 0.5) is 17.1 Å². The summed E-state index contributed by atoms with van der Waals surface area (Å²) in [4.78, 5) is 26.6. The van der Waals surface area contributed by atoms with E-state index in [0.29, 0.717) is 18.7 Å². The molecule has 1 aliphatic heterocycles. The first kappa shape index (κ1) is 22.5. The van der Waals surface area contributed by atoms with Gasteiger partial charge in [0.1, 0.15) is 11.7 Å². The number of nitro groups is 1.